The molecule has 31 heavy (non-hydrogen) atoms. The van der Waals surface area contributed by atoms with Gasteiger partial charge in [-0.1, -0.05) is 63.5 Å². The predicted molar refractivity (Wildman–Crippen MR) is 125 cm³/mol. The molecule has 2 N–H and O–H groups in total. The molecule has 0 aromatic rings. The molecule has 2 aliphatic carbocycles. The van der Waals surface area contributed by atoms with Crippen LogP contribution in [0, 0.1) is 11.3 Å². The van der Waals surface area contributed by atoms with Crippen molar-refractivity contribution < 1.29 is 19.4 Å². The Labute approximate surface area is 189 Å². The molecule has 3 atom stereocenters. The van der Waals surface area contributed by atoms with Crippen molar-refractivity contribution in [3.8, 4) is 0 Å². The molecule has 0 aromatic carbocycles. The third-order valence-corrected chi connectivity index (χ3v) is 7.10. The van der Waals surface area contributed by atoms with Crippen LogP contribution in [0.3, 0.4) is 0 Å². The second-order valence-corrected chi connectivity index (χ2v) is 10.1. The van der Waals surface area contributed by atoms with E-state index in [-0.39, 0.29) is 17.3 Å². The summed E-state index contributed by atoms with van der Waals surface area (Å²) in [5.74, 6) is 0.276. The summed E-state index contributed by atoms with van der Waals surface area (Å²) in [6, 6.07) is 0. The average Bonchev–Trinajstić information content (AvgIpc) is 2.73. The lowest BCUT2D eigenvalue weighted by molar-refractivity contribution is -0.140. The van der Waals surface area contributed by atoms with Crippen molar-refractivity contribution in [3.63, 3.8) is 0 Å². The molecule has 0 radical (unpaired) electrons. The van der Waals surface area contributed by atoms with E-state index < -0.39 is 6.10 Å². The van der Waals surface area contributed by atoms with Crippen LogP contribution < -0.4 is 5.32 Å². The van der Waals surface area contributed by atoms with Crippen LogP contribution in [0.25, 0.3) is 0 Å². The number of rotatable bonds is 15. The minimum Gasteiger partial charge on any atom is -0.469 e. The normalized spacial score (nSPS) is 23.7. The Morgan fingerprint density at radius 3 is 2.45 bits per heavy atom. The molecule has 2 bridgehead atoms. The molecule has 1 saturated carbocycles. The molecule has 2 rings (SSSR count). The van der Waals surface area contributed by atoms with E-state index in [0.717, 1.165) is 44.9 Å². The molecule has 0 heterocycles. The van der Waals surface area contributed by atoms with Crippen LogP contribution in [-0.2, 0) is 14.3 Å². The van der Waals surface area contributed by atoms with Gasteiger partial charge in [-0.3, -0.25) is 9.59 Å². The summed E-state index contributed by atoms with van der Waals surface area (Å²) < 4.78 is 4.64. The van der Waals surface area contributed by atoms with E-state index in [1.54, 1.807) is 5.57 Å². The number of unbranched alkanes of at least 4 members (excludes halogenated alkanes) is 8. The Kier molecular flexibility index (Phi) is 11.6. The number of aliphatic hydroxyl groups excluding tert-OH is 1. The smallest absolute Gasteiger partial charge is 0.305 e. The molecular weight excluding hydrogens is 390 g/mol. The molecule has 1 fully saturated rings. The Morgan fingerprint density at radius 2 is 1.77 bits per heavy atom. The van der Waals surface area contributed by atoms with Crippen molar-refractivity contribution >= 4 is 11.9 Å². The van der Waals surface area contributed by atoms with Gasteiger partial charge in [0.2, 0.25) is 5.91 Å². The minimum absolute atomic E-state index is 0.108. The number of fused-ring (bicyclic) bond motifs is 2. The number of allylic oxidation sites excluding steroid dienone is 2. The van der Waals surface area contributed by atoms with Gasteiger partial charge in [-0.25, -0.2) is 0 Å². The summed E-state index contributed by atoms with van der Waals surface area (Å²) in [6.07, 6.45) is 18.6. The lowest BCUT2D eigenvalue weighted by atomic mass is 9.61. The van der Waals surface area contributed by atoms with Gasteiger partial charge in [0.15, 0.2) is 0 Å². The van der Waals surface area contributed by atoms with E-state index in [4.69, 9.17) is 0 Å². The van der Waals surface area contributed by atoms with Gasteiger partial charge in [0.25, 0.3) is 0 Å². The summed E-state index contributed by atoms with van der Waals surface area (Å²) in [7, 11) is 1.44. The van der Waals surface area contributed by atoms with Crippen molar-refractivity contribution in [1.29, 1.82) is 0 Å². The maximum atomic E-state index is 12.4. The predicted octanol–water partition coefficient (Wildman–Crippen LogP) is 5.45. The third-order valence-electron chi connectivity index (χ3n) is 7.10. The van der Waals surface area contributed by atoms with Crippen LogP contribution in [0.1, 0.15) is 110 Å². The quantitative estimate of drug-likeness (QED) is 0.204. The fraction of sp³-hybridized carbons (Fsp3) is 0.846. The highest BCUT2D eigenvalue weighted by Crippen LogP contribution is 2.50. The Hall–Kier alpha value is -1.36. The SMILES string of the molecule is COC(=O)CCCCCCCCCCCNC(=O)C(O)CC12CCCC(=CC(C)C1)C2. The number of esters is 1. The lowest BCUT2D eigenvalue weighted by Crippen LogP contribution is -2.41. The summed E-state index contributed by atoms with van der Waals surface area (Å²) in [5, 5.41) is 13.5. The second kappa shape index (κ2) is 13.9. The van der Waals surface area contributed by atoms with Gasteiger partial charge in [0.05, 0.1) is 7.11 Å². The summed E-state index contributed by atoms with van der Waals surface area (Å²) in [4.78, 5) is 23.4. The zero-order chi connectivity index (χ0) is 22.5. The molecule has 1 amide bonds. The molecule has 5 heteroatoms. The number of amides is 1. The molecular formula is C26H45NO4. The highest BCUT2D eigenvalue weighted by molar-refractivity contribution is 5.80. The van der Waals surface area contributed by atoms with Crippen LogP contribution >= 0.6 is 0 Å². The van der Waals surface area contributed by atoms with Gasteiger partial charge in [-0.05, 0) is 62.7 Å². The lowest BCUT2D eigenvalue weighted by Gasteiger charge is -2.44. The van der Waals surface area contributed by atoms with Gasteiger partial charge < -0.3 is 15.2 Å². The molecule has 0 aliphatic heterocycles. The first-order chi connectivity index (χ1) is 14.9. The monoisotopic (exact) mass is 435 g/mol. The fourth-order valence-corrected chi connectivity index (χ4v) is 5.63. The molecule has 0 aromatic heterocycles. The van der Waals surface area contributed by atoms with Crippen LogP contribution in [0.15, 0.2) is 11.6 Å². The van der Waals surface area contributed by atoms with E-state index in [0.29, 0.717) is 25.3 Å². The largest absolute Gasteiger partial charge is 0.469 e. The molecule has 0 spiro atoms. The van der Waals surface area contributed by atoms with Crippen molar-refractivity contribution in [2.24, 2.45) is 11.3 Å². The Balaban J connectivity index is 1.46. The van der Waals surface area contributed by atoms with E-state index in [1.807, 2.05) is 0 Å². The van der Waals surface area contributed by atoms with Crippen LogP contribution in [0.4, 0.5) is 0 Å². The summed E-state index contributed by atoms with van der Waals surface area (Å²) in [5.41, 5.74) is 1.68. The van der Waals surface area contributed by atoms with Crippen molar-refractivity contribution in [2.45, 2.75) is 116 Å². The molecule has 0 saturated heterocycles. The van der Waals surface area contributed by atoms with E-state index >= 15 is 0 Å². The van der Waals surface area contributed by atoms with Gasteiger partial charge in [-0.15, -0.1) is 0 Å². The minimum atomic E-state index is -0.871. The number of carbonyl (C=O) groups is 2. The van der Waals surface area contributed by atoms with Crippen molar-refractivity contribution in [2.75, 3.05) is 13.7 Å². The number of carbonyl (C=O) groups excluding carboxylic acids is 2. The molecule has 5 nitrogen and oxygen atoms in total. The van der Waals surface area contributed by atoms with Crippen LogP contribution in [0.2, 0.25) is 0 Å². The van der Waals surface area contributed by atoms with Crippen LogP contribution in [-0.4, -0.2) is 36.7 Å². The van der Waals surface area contributed by atoms with Gasteiger partial charge >= 0.3 is 5.97 Å². The highest BCUT2D eigenvalue weighted by Gasteiger charge is 2.40. The summed E-state index contributed by atoms with van der Waals surface area (Å²) in [6.45, 7) is 2.93. The average molecular weight is 436 g/mol. The second-order valence-electron chi connectivity index (χ2n) is 10.1. The maximum Gasteiger partial charge on any atom is 0.305 e. The van der Waals surface area contributed by atoms with Gasteiger partial charge in [-0.2, -0.15) is 0 Å². The van der Waals surface area contributed by atoms with E-state index in [2.05, 4.69) is 23.1 Å². The highest BCUT2D eigenvalue weighted by atomic mass is 16.5. The number of hydrogen-bond acceptors (Lipinski definition) is 4. The first-order valence-corrected chi connectivity index (χ1v) is 12.7. The van der Waals surface area contributed by atoms with Crippen molar-refractivity contribution in [3.05, 3.63) is 11.6 Å². The number of nitrogens with one attached hydrogen (secondary N) is 1. The zero-order valence-corrected chi connectivity index (χ0v) is 19.9. The van der Waals surface area contributed by atoms with Gasteiger partial charge in [0.1, 0.15) is 6.10 Å². The Bertz CT molecular complexity index is 588. The first kappa shape index (κ1) is 25.9. The first-order valence-electron chi connectivity index (χ1n) is 12.7. The van der Waals surface area contributed by atoms with Crippen LogP contribution in [0.5, 0.6) is 0 Å². The third kappa shape index (κ3) is 9.76. The van der Waals surface area contributed by atoms with Gasteiger partial charge in [0, 0.05) is 13.0 Å². The Morgan fingerprint density at radius 1 is 1.13 bits per heavy atom. The summed E-state index contributed by atoms with van der Waals surface area (Å²) >= 11 is 0. The standard InChI is InChI=1S/C26H45NO4/c1-21-17-22-13-12-15-26(18-21,19-22)20-23(28)25(30)27-16-11-9-7-5-3-4-6-8-10-14-24(29)31-2/h17,21,23,28H,3-16,18-20H2,1-2H3,(H,27,30). The number of aliphatic hydroxyl groups is 1. The number of hydrogen-bond donors (Lipinski definition) is 2. The van der Waals surface area contributed by atoms with Crippen molar-refractivity contribution in [1.82, 2.24) is 5.32 Å². The number of methoxy groups -OCH3 is 1. The zero-order valence-electron chi connectivity index (χ0n) is 19.9. The van der Waals surface area contributed by atoms with E-state index in [9.17, 15) is 14.7 Å². The molecule has 2 aliphatic rings. The maximum absolute atomic E-state index is 12.4. The van der Waals surface area contributed by atoms with E-state index in [1.165, 1.54) is 52.1 Å². The molecule has 3 unspecified atom stereocenters. The fourth-order valence-electron chi connectivity index (χ4n) is 5.63. The number of ether oxygens (including phenoxy) is 1. The topological polar surface area (TPSA) is 75.6 Å². The molecule has 178 valence electrons.